The van der Waals surface area contributed by atoms with Crippen molar-refractivity contribution >= 4 is 40.8 Å². The molecule has 0 unspecified atom stereocenters. The lowest BCUT2D eigenvalue weighted by Crippen LogP contribution is -2.13. The molecule has 12 heteroatoms. The van der Waals surface area contributed by atoms with Crippen molar-refractivity contribution in [3.8, 4) is 16.9 Å². The molecule has 2 aromatic heterocycles. The molecule has 0 aliphatic rings. The molecule has 0 aliphatic heterocycles. The molecule has 0 spiro atoms. The minimum absolute atomic E-state index is 0.0599. The van der Waals surface area contributed by atoms with Crippen molar-refractivity contribution < 1.29 is 23.5 Å². The minimum Gasteiger partial charge on any atom is -0.478 e. The van der Waals surface area contributed by atoms with E-state index in [1.165, 1.54) is 41.6 Å². The second kappa shape index (κ2) is 8.93. The Bertz CT molecular complexity index is 1400. The Labute approximate surface area is 194 Å². The van der Waals surface area contributed by atoms with Gasteiger partial charge in [-0.3, -0.25) is 4.79 Å². The highest BCUT2D eigenvalue weighted by atomic mass is 35.5. The van der Waals surface area contributed by atoms with Gasteiger partial charge in [0.1, 0.15) is 11.6 Å². The minimum atomic E-state index is -1.46. The highest BCUT2D eigenvalue weighted by Gasteiger charge is 2.20. The number of hydrogen-bond donors (Lipinski definition) is 2. The molecule has 0 saturated heterocycles. The lowest BCUT2D eigenvalue weighted by atomic mass is 9.97. The van der Waals surface area contributed by atoms with E-state index in [2.05, 4.69) is 20.5 Å². The first-order chi connectivity index (χ1) is 15.7. The first-order valence-corrected chi connectivity index (χ1v) is 9.86. The van der Waals surface area contributed by atoms with E-state index in [1.807, 2.05) is 0 Å². The van der Waals surface area contributed by atoms with Gasteiger partial charge < -0.3 is 10.4 Å². The van der Waals surface area contributed by atoms with Crippen LogP contribution in [0.2, 0.25) is 10.0 Å². The van der Waals surface area contributed by atoms with Crippen LogP contribution >= 0.6 is 23.2 Å². The Hall–Kier alpha value is -3.89. The molecule has 0 radical (unpaired) electrons. The summed E-state index contributed by atoms with van der Waals surface area (Å²) in [6, 6.07) is 6.56. The Morgan fingerprint density at radius 3 is 2.30 bits per heavy atom. The van der Waals surface area contributed by atoms with Gasteiger partial charge >= 0.3 is 5.97 Å². The number of pyridine rings is 1. The van der Waals surface area contributed by atoms with Crippen molar-refractivity contribution in [3.63, 3.8) is 0 Å². The van der Waals surface area contributed by atoms with E-state index in [9.17, 15) is 23.5 Å². The summed E-state index contributed by atoms with van der Waals surface area (Å²) in [6.07, 6.45) is 4.23. The number of anilines is 1. The van der Waals surface area contributed by atoms with E-state index < -0.39 is 29.1 Å². The molecule has 2 aromatic carbocycles. The van der Waals surface area contributed by atoms with Crippen LogP contribution in [-0.4, -0.2) is 37.0 Å². The largest absolute Gasteiger partial charge is 0.478 e. The number of carboxylic acid groups (broad SMARTS) is 1. The first-order valence-electron chi connectivity index (χ1n) is 9.10. The van der Waals surface area contributed by atoms with Crippen LogP contribution in [0.15, 0.2) is 55.0 Å². The Morgan fingerprint density at radius 1 is 0.939 bits per heavy atom. The third-order valence-electron chi connectivity index (χ3n) is 4.50. The molecule has 0 fully saturated rings. The van der Waals surface area contributed by atoms with Crippen LogP contribution in [0.5, 0.6) is 0 Å². The molecule has 4 rings (SSSR count). The standard InChI is InChI=1S/C21H11Cl2F2N5O3/c22-15-7-13(14(21(32)33)8-18(15)25)12-2-1-10(5-17(12)24)20(31)29-11-6-16(23)19(26-9-11)30-27-3-4-28-30/h1-9H,(H,29,31)(H,32,33). The van der Waals surface area contributed by atoms with Crippen LogP contribution in [0.25, 0.3) is 16.9 Å². The molecule has 0 bridgehead atoms. The number of carbonyl (C=O) groups excluding carboxylic acids is 1. The molecular weight excluding hydrogens is 479 g/mol. The predicted octanol–water partition coefficient (Wildman–Crippen LogP) is 4.86. The van der Waals surface area contributed by atoms with E-state index >= 15 is 0 Å². The summed E-state index contributed by atoms with van der Waals surface area (Å²) in [5.41, 5.74) is -0.580. The summed E-state index contributed by atoms with van der Waals surface area (Å²) >= 11 is 11.9. The van der Waals surface area contributed by atoms with Crippen molar-refractivity contribution in [2.45, 2.75) is 0 Å². The Morgan fingerprint density at radius 2 is 1.67 bits per heavy atom. The summed E-state index contributed by atoms with van der Waals surface area (Å²) in [5.74, 6) is -3.72. The average Bonchev–Trinajstić information content (AvgIpc) is 3.30. The number of carbonyl (C=O) groups is 2. The SMILES string of the molecule is O=C(Nc1cnc(-n2nccn2)c(Cl)c1)c1ccc(-c2cc(Cl)c(F)cc2C(=O)O)c(F)c1. The number of amides is 1. The maximum Gasteiger partial charge on any atom is 0.336 e. The molecule has 2 heterocycles. The zero-order chi connectivity index (χ0) is 23.7. The van der Waals surface area contributed by atoms with E-state index in [0.717, 1.165) is 12.1 Å². The number of carboxylic acids is 1. The molecule has 0 aliphatic carbocycles. The van der Waals surface area contributed by atoms with Crippen LogP contribution in [0.4, 0.5) is 14.5 Å². The highest BCUT2D eigenvalue weighted by Crippen LogP contribution is 2.32. The van der Waals surface area contributed by atoms with Gasteiger partial charge in [0, 0.05) is 16.7 Å². The fourth-order valence-corrected chi connectivity index (χ4v) is 3.40. The monoisotopic (exact) mass is 489 g/mol. The van der Waals surface area contributed by atoms with Gasteiger partial charge in [0.2, 0.25) is 0 Å². The number of aromatic carboxylic acids is 1. The average molecular weight is 490 g/mol. The third-order valence-corrected chi connectivity index (χ3v) is 5.07. The molecule has 2 N–H and O–H groups in total. The Kier molecular flexibility index (Phi) is 6.03. The molecule has 8 nitrogen and oxygen atoms in total. The number of hydrogen-bond acceptors (Lipinski definition) is 5. The molecule has 166 valence electrons. The summed E-state index contributed by atoms with van der Waals surface area (Å²) in [4.78, 5) is 29.3. The number of nitrogens with one attached hydrogen (secondary N) is 1. The van der Waals surface area contributed by atoms with Crippen molar-refractivity contribution in [2.75, 3.05) is 5.32 Å². The zero-order valence-electron chi connectivity index (χ0n) is 16.3. The molecule has 0 saturated carbocycles. The second-order valence-corrected chi connectivity index (χ2v) is 7.43. The number of rotatable bonds is 5. The molecule has 1 amide bonds. The van der Waals surface area contributed by atoms with Gasteiger partial charge in [0.15, 0.2) is 5.82 Å². The van der Waals surface area contributed by atoms with Gasteiger partial charge in [-0.2, -0.15) is 10.2 Å². The summed E-state index contributed by atoms with van der Waals surface area (Å²) < 4.78 is 28.5. The lowest BCUT2D eigenvalue weighted by molar-refractivity contribution is 0.0697. The summed E-state index contributed by atoms with van der Waals surface area (Å²) in [7, 11) is 0. The second-order valence-electron chi connectivity index (χ2n) is 6.61. The van der Waals surface area contributed by atoms with Gasteiger partial charge in [0.05, 0.1) is 39.9 Å². The quantitative estimate of drug-likeness (QED) is 0.414. The van der Waals surface area contributed by atoms with Gasteiger partial charge in [-0.1, -0.05) is 29.3 Å². The zero-order valence-corrected chi connectivity index (χ0v) is 17.8. The molecule has 0 atom stereocenters. The number of benzene rings is 2. The van der Waals surface area contributed by atoms with Crippen molar-refractivity contribution in [1.29, 1.82) is 0 Å². The summed E-state index contributed by atoms with van der Waals surface area (Å²) in [6.45, 7) is 0. The number of nitrogens with zero attached hydrogens (tertiary/aromatic N) is 4. The van der Waals surface area contributed by atoms with E-state index in [-0.39, 0.29) is 38.2 Å². The predicted molar refractivity (Wildman–Crippen MR) is 116 cm³/mol. The lowest BCUT2D eigenvalue weighted by Gasteiger charge is -2.11. The first kappa shape index (κ1) is 22.3. The number of halogens is 4. The van der Waals surface area contributed by atoms with Crippen LogP contribution in [0.1, 0.15) is 20.7 Å². The normalized spacial score (nSPS) is 10.8. The summed E-state index contributed by atoms with van der Waals surface area (Å²) in [5, 5.41) is 19.5. The van der Waals surface area contributed by atoms with E-state index in [0.29, 0.717) is 6.07 Å². The van der Waals surface area contributed by atoms with E-state index in [4.69, 9.17) is 23.2 Å². The maximum atomic E-state index is 14.8. The van der Waals surface area contributed by atoms with Crippen LogP contribution in [0, 0.1) is 11.6 Å². The van der Waals surface area contributed by atoms with Gasteiger partial charge in [0.25, 0.3) is 5.91 Å². The third kappa shape index (κ3) is 4.52. The molecule has 4 aromatic rings. The number of aromatic nitrogens is 4. The Balaban J connectivity index is 1.60. The maximum absolute atomic E-state index is 14.8. The van der Waals surface area contributed by atoms with E-state index in [1.54, 1.807) is 0 Å². The fourth-order valence-electron chi connectivity index (χ4n) is 3.00. The van der Waals surface area contributed by atoms with Crippen LogP contribution < -0.4 is 5.32 Å². The van der Waals surface area contributed by atoms with Crippen LogP contribution in [-0.2, 0) is 0 Å². The molecular formula is C21H11Cl2F2N5O3. The van der Waals surface area contributed by atoms with Gasteiger partial charge in [-0.05, 0) is 30.3 Å². The van der Waals surface area contributed by atoms with Crippen molar-refractivity contribution in [3.05, 3.63) is 87.8 Å². The smallest absolute Gasteiger partial charge is 0.336 e. The topological polar surface area (TPSA) is 110 Å². The fraction of sp³-hybridized carbons (Fsp3) is 0. The highest BCUT2D eigenvalue weighted by molar-refractivity contribution is 6.32. The molecule has 33 heavy (non-hydrogen) atoms. The van der Waals surface area contributed by atoms with Gasteiger partial charge in [-0.15, -0.1) is 4.80 Å². The van der Waals surface area contributed by atoms with Crippen molar-refractivity contribution in [1.82, 2.24) is 20.0 Å². The van der Waals surface area contributed by atoms with Gasteiger partial charge in [-0.25, -0.2) is 18.6 Å². The van der Waals surface area contributed by atoms with Crippen LogP contribution in [0.3, 0.4) is 0 Å². The van der Waals surface area contributed by atoms with Crippen molar-refractivity contribution in [2.24, 2.45) is 0 Å².